The topological polar surface area (TPSA) is 81.7 Å². The molecule has 192 valence electrons. The smallest absolute Gasteiger partial charge is 0.251 e. The fourth-order valence-corrected chi connectivity index (χ4v) is 5.10. The lowest BCUT2D eigenvalue weighted by Crippen LogP contribution is -2.54. The number of halogens is 1. The Balaban J connectivity index is 0.000000509. The monoisotopic (exact) mass is 477 g/mol. The van der Waals surface area contributed by atoms with Crippen LogP contribution in [-0.2, 0) is 16.0 Å². The number of carbonyl (C=O) groups is 2. The van der Waals surface area contributed by atoms with E-state index in [2.05, 4.69) is 22.5 Å². The average molecular weight is 478 g/mol. The number of aliphatic hydroxyl groups is 1. The summed E-state index contributed by atoms with van der Waals surface area (Å²) in [6.07, 6.45) is 6.98. The Morgan fingerprint density at radius 2 is 1.85 bits per heavy atom. The van der Waals surface area contributed by atoms with Gasteiger partial charge in [-0.1, -0.05) is 49.6 Å². The van der Waals surface area contributed by atoms with E-state index in [0.717, 1.165) is 23.9 Å². The van der Waals surface area contributed by atoms with Crippen LogP contribution in [0.2, 0.25) is 0 Å². The zero-order chi connectivity index (χ0) is 25.1. The minimum Gasteiger partial charge on any atom is -0.390 e. The minimum atomic E-state index is -1.05. The number of likely N-dealkylation sites (tertiary alicyclic amines) is 1. The molecule has 1 aliphatic carbocycles. The number of aliphatic hydroxyl groups excluding tert-OH is 1. The first kappa shape index (κ1) is 28.2. The van der Waals surface area contributed by atoms with Crippen LogP contribution in [-0.4, -0.2) is 65.8 Å². The first-order valence-corrected chi connectivity index (χ1v) is 12.7. The van der Waals surface area contributed by atoms with Gasteiger partial charge in [-0.15, -0.1) is 0 Å². The molecule has 1 saturated carbocycles. The predicted octanol–water partition coefficient (Wildman–Crippen LogP) is 3.48. The predicted molar refractivity (Wildman–Crippen MR) is 134 cm³/mol. The van der Waals surface area contributed by atoms with Crippen LogP contribution in [0.5, 0.6) is 0 Å². The number of amides is 2. The van der Waals surface area contributed by atoms with Crippen molar-refractivity contribution in [1.29, 1.82) is 0 Å². The molecule has 0 spiro atoms. The van der Waals surface area contributed by atoms with Crippen molar-refractivity contribution in [1.82, 2.24) is 15.5 Å². The number of carbonyl (C=O) groups excluding carboxylic acids is 2. The second-order valence-electron chi connectivity index (χ2n) is 10.9. The highest BCUT2D eigenvalue weighted by molar-refractivity contribution is 5.77. The Labute approximate surface area is 204 Å². The van der Waals surface area contributed by atoms with E-state index in [1.54, 1.807) is 0 Å². The number of nitrogens with one attached hydrogen (secondary N) is 2. The molecule has 1 saturated heterocycles. The summed E-state index contributed by atoms with van der Waals surface area (Å²) in [5, 5.41) is 16.2. The van der Waals surface area contributed by atoms with Crippen LogP contribution < -0.4 is 10.6 Å². The van der Waals surface area contributed by atoms with E-state index in [0.29, 0.717) is 25.4 Å². The van der Waals surface area contributed by atoms with Gasteiger partial charge in [0.05, 0.1) is 12.1 Å². The molecule has 5 atom stereocenters. The number of hydrogen-bond donors (Lipinski definition) is 3. The Kier molecular flexibility index (Phi) is 11.5. The molecule has 2 aliphatic rings. The first-order chi connectivity index (χ1) is 16.1. The normalized spacial score (nSPS) is 24.6. The fraction of sp³-hybridized carbons (Fsp3) is 0.704. The molecular weight excluding hydrogens is 433 g/mol. The molecule has 7 heteroatoms. The Morgan fingerprint density at radius 3 is 2.41 bits per heavy atom. The van der Waals surface area contributed by atoms with E-state index in [9.17, 15) is 19.1 Å². The van der Waals surface area contributed by atoms with Crippen molar-refractivity contribution in [3.05, 3.63) is 35.9 Å². The van der Waals surface area contributed by atoms with Gasteiger partial charge in [0.2, 0.25) is 6.41 Å². The van der Waals surface area contributed by atoms with Crippen LogP contribution >= 0.6 is 0 Å². The number of fused-ring (bicyclic) bond motifs is 1. The molecule has 2 amide bonds. The maximum Gasteiger partial charge on any atom is 0.251 e. The van der Waals surface area contributed by atoms with Crippen molar-refractivity contribution in [3.63, 3.8) is 0 Å². The third-order valence-electron chi connectivity index (χ3n) is 6.95. The van der Waals surface area contributed by atoms with Crippen LogP contribution in [0.3, 0.4) is 0 Å². The number of nitrogens with zero attached hydrogens (tertiary/aromatic N) is 1. The maximum atomic E-state index is 12.8. The molecule has 1 aromatic carbocycles. The van der Waals surface area contributed by atoms with E-state index in [-0.39, 0.29) is 5.54 Å². The highest BCUT2D eigenvalue weighted by atomic mass is 19.1. The summed E-state index contributed by atoms with van der Waals surface area (Å²) in [7, 11) is 0. The maximum absolute atomic E-state index is 12.8. The molecule has 0 bridgehead atoms. The van der Waals surface area contributed by atoms with Crippen molar-refractivity contribution in [2.24, 2.45) is 11.8 Å². The summed E-state index contributed by atoms with van der Waals surface area (Å²) in [5.74, 6) is 0.901. The standard InChI is InChI=1S/C22H33FN2O2.C5H11NO/c1-16-11-18-9-5-6-10-19(18)14-25(16)15-21(26)20(24-22(27)13-23)12-17-7-3-2-4-8-17;1-5(2,3)6-4-7/h2-4,7-8,16,18-21,26H,5-6,9-15H2,1H3,(H,24,27);4H,1-3H3,(H,6,7)/t16-,18?,19?,20?,21?;/m1./s1. The van der Waals surface area contributed by atoms with Crippen LogP contribution in [0.25, 0.3) is 0 Å². The van der Waals surface area contributed by atoms with Crippen molar-refractivity contribution >= 4 is 12.3 Å². The molecule has 6 nitrogen and oxygen atoms in total. The van der Waals surface area contributed by atoms with Crippen molar-refractivity contribution in [3.8, 4) is 0 Å². The van der Waals surface area contributed by atoms with Gasteiger partial charge in [0, 0.05) is 24.7 Å². The van der Waals surface area contributed by atoms with Gasteiger partial charge in [-0.2, -0.15) is 0 Å². The molecule has 4 unspecified atom stereocenters. The summed E-state index contributed by atoms with van der Waals surface area (Å²) in [6.45, 7) is 8.53. The molecule has 0 radical (unpaired) electrons. The molecule has 3 rings (SSSR count). The lowest BCUT2D eigenvalue weighted by atomic mass is 9.73. The molecule has 3 N–H and O–H groups in total. The SMILES string of the molecule is CC(C)(C)NC=O.C[C@@H]1CC2CCCCC2CN1CC(O)C(Cc1ccccc1)NC(=O)CF. The zero-order valence-corrected chi connectivity index (χ0v) is 21.3. The molecule has 1 aliphatic heterocycles. The van der Waals surface area contributed by atoms with Gasteiger partial charge in [0.1, 0.15) is 0 Å². The zero-order valence-electron chi connectivity index (χ0n) is 21.3. The second kappa shape index (κ2) is 13.8. The summed E-state index contributed by atoms with van der Waals surface area (Å²) in [6, 6.07) is 9.71. The number of hydrogen-bond acceptors (Lipinski definition) is 4. The molecule has 34 heavy (non-hydrogen) atoms. The third-order valence-corrected chi connectivity index (χ3v) is 6.95. The van der Waals surface area contributed by atoms with Crippen LogP contribution in [0, 0.1) is 11.8 Å². The second-order valence-corrected chi connectivity index (χ2v) is 10.9. The van der Waals surface area contributed by atoms with Gasteiger partial charge in [0.25, 0.3) is 5.91 Å². The minimum absolute atomic E-state index is 0.0677. The quantitative estimate of drug-likeness (QED) is 0.501. The van der Waals surface area contributed by atoms with E-state index in [1.807, 2.05) is 51.1 Å². The number of benzene rings is 1. The van der Waals surface area contributed by atoms with Crippen LogP contribution in [0.15, 0.2) is 30.3 Å². The summed E-state index contributed by atoms with van der Waals surface area (Å²) in [4.78, 5) is 23.7. The molecule has 1 heterocycles. The van der Waals surface area contributed by atoms with E-state index < -0.39 is 24.7 Å². The van der Waals surface area contributed by atoms with E-state index in [1.165, 1.54) is 32.1 Å². The number of piperidine rings is 1. The number of β-amino-alcohol motifs (C(OH)–C–C–N with tert-alkyl or cyclic N) is 1. The summed E-state index contributed by atoms with van der Waals surface area (Å²) < 4.78 is 12.8. The van der Waals surface area contributed by atoms with Crippen LogP contribution in [0.1, 0.15) is 65.4 Å². The molecular formula is C27H44FN3O3. The average Bonchev–Trinajstić information content (AvgIpc) is 2.79. The van der Waals surface area contributed by atoms with Gasteiger partial charge < -0.3 is 15.7 Å². The van der Waals surface area contributed by atoms with Gasteiger partial charge >= 0.3 is 0 Å². The Hall–Kier alpha value is -1.99. The summed E-state index contributed by atoms with van der Waals surface area (Å²) in [5.41, 5.74) is 0.960. The third kappa shape index (κ3) is 9.71. The van der Waals surface area contributed by atoms with Crippen molar-refractivity contribution < 1.29 is 19.1 Å². The highest BCUT2D eigenvalue weighted by Crippen LogP contribution is 2.38. The van der Waals surface area contributed by atoms with Crippen LogP contribution in [0.4, 0.5) is 4.39 Å². The fourth-order valence-electron chi connectivity index (χ4n) is 5.10. The largest absolute Gasteiger partial charge is 0.390 e. The summed E-state index contributed by atoms with van der Waals surface area (Å²) >= 11 is 0. The highest BCUT2D eigenvalue weighted by Gasteiger charge is 2.36. The molecule has 2 fully saturated rings. The number of rotatable bonds is 8. The first-order valence-electron chi connectivity index (χ1n) is 12.7. The van der Waals surface area contributed by atoms with E-state index >= 15 is 0 Å². The molecule has 0 aromatic heterocycles. The lowest BCUT2D eigenvalue weighted by Gasteiger charge is -2.46. The lowest BCUT2D eigenvalue weighted by molar-refractivity contribution is -0.123. The van der Waals surface area contributed by atoms with E-state index in [4.69, 9.17) is 0 Å². The van der Waals surface area contributed by atoms with Gasteiger partial charge in [0.15, 0.2) is 6.67 Å². The Bertz CT molecular complexity index is 740. The van der Waals surface area contributed by atoms with Crippen molar-refractivity contribution in [2.45, 2.75) is 89.9 Å². The van der Waals surface area contributed by atoms with Gasteiger partial charge in [-0.3, -0.25) is 14.5 Å². The molecule has 1 aromatic rings. The Morgan fingerprint density at radius 1 is 1.21 bits per heavy atom. The number of alkyl halides is 1. The van der Waals surface area contributed by atoms with Gasteiger partial charge in [-0.25, -0.2) is 4.39 Å². The van der Waals surface area contributed by atoms with Gasteiger partial charge in [-0.05, 0) is 64.4 Å². The van der Waals surface area contributed by atoms with Crippen molar-refractivity contribution in [2.75, 3.05) is 19.8 Å².